The molecular weight excluding hydrogens is 218 g/mol. The highest BCUT2D eigenvalue weighted by Crippen LogP contribution is 2.32. The predicted molar refractivity (Wildman–Crippen MR) is 61.2 cm³/mol. The molecule has 4 nitrogen and oxygen atoms in total. The third-order valence-corrected chi connectivity index (χ3v) is 3.29. The van der Waals surface area contributed by atoms with Crippen LogP contribution in [0.25, 0.3) is 0 Å². The lowest BCUT2D eigenvalue weighted by atomic mass is 10.0. The van der Waals surface area contributed by atoms with Crippen LogP contribution in [0.15, 0.2) is 30.3 Å². The largest absolute Gasteiger partial charge is 0.444 e. The fraction of sp³-hybridized carbons (Fsp3) is 0.462. The second-order valence-electron chi connectivity index (χ2n) is 4.47. The molecule has 3 aliphatic heterocycles. The number of ether oxygens (including phenoxy) is 2. The number of hydrogen-bond acceptors (Lipinski definition) is 3. The van der Waals surface area contributed by atoms with Crippen LogP contribution in [0.4, 0.5) is 4.79 Å². The van der Waals surface area contributed by atoms with Crippen molar-refractivity contribution >= 4 is 6.09 Å². The molecule has 2 bridgehead atoms. The van der Waals surface area contributed by atoms with Gasteiger partial charge >= 0.3 is 6.09 Å². The van der Waals surface area contributed by atoms with Gasteiger partial charge in [-0.2, -0.15) is 0 Å². The summed E-state index contributed by atoms with van der Waals surface area (Å²) in [5, 5.41) is 0. The monoisotopic (exact) mass is 233 g/mol. The Morgan fingerprint density at radius 2 is 2.18 bits per heavy atom. The molecule has 4 heteroatoms. The maximum absolute atomic E-state index is 11.8. The van der Waals surface area contributed by atoms with Crippen LogP contribution in [-0.4, -0.2) is 29.9 Å². The van der Waals surface area contributed by atoms with Crippen molar-refractivity contribution in [2.24, 2.45) is 0 Å². The van der Waals surface area contributed by atoms with Gasteiger partial charge in [-0.1, -0.05) is 30.3 Å². The topological polar surface area (TPSA) is 38.8 Å². The van der Waals surface area contributed by atoms with E-state index in [0.29, 0.717) is 12.7 Å². The van der Waals surface area contributed by atoms with Crippen molar-refractivity contribution in [3.63, 3.8) is 0 Å². The summed E-state index contributed by atoms with van der Waals surface area (Å²) in [6.07, 6.45) is 1.95. The van der Waals surface area contributed by atoms with Gasteiger partial charge in [0.15, 0.2) is 0 Å². The fourth-order valence-corrected chi connectivity index (χ4v) is 2.26. The zero-order valence-electron chi connectivity index (χ0n) is 9.54. The Balaban J connectivity index is 1.53. The molecule has 0 saturated carbocycles. The molecule has 3 aliphatic rings. The van der Waals surface area contributed by atoms with E-state index < -0.39 is 0 Å². The maximum Gasteiger partial charge on any atom is 0.412 e. The standard InChI is InChI=1S/C13H15NO3/c15-13(14-7-6-11-8-12(14)17-11)16-9-10-4-2-1-3-5-10/h1-5,11-12H,6-9H2. The summed E-state index contributed by atoms with van der Waals surface area (Å²) in [7, 11) is 0. The fourth-order valence-electron chi connectivity index (χ4n) is 2.26. The van der Waals surface area contributed by atoms with Crippen LogP contribution in [-0.2, 0) is 16.1 Å². The van der Waals surface area contributed by atoms with Gasteiger partial charge in [0.2, 0.25) is 0 Å². The average Bonchev–Trinajstić information content (AvgIpc) is 2.36. The van der Waals surface area contributed by atoms with Gasteiger partial charge < -0.3 is 9.47 Å². The molecule has 0 aromatic heterocycles. The molecule has 2 unspecified atom stereocenters. The van der Waals surface area contributed by atoms with Gasteiger partial charge in [-0.3, -0.25) is 4.90 Å². The molecule has 90 valence electrons. The predicted octanol–water partition coefficient (Wildman–Crippen LogP) is 2.14. The minimum atomic E-state index is -0.267. The number of carbonyl (C=O) groups is 1. The van der Waals surface area contributed by atoms with Crippen LogP contribution >= 0.6 is 0 Å². The van der Waals surface area contributed by atoms with E-state index in [1.165, 1.54) is 0 Å². The third-order valence-electron chi connectivity index (χ3n) is 3.29. The minimum absolute atomic E-state index is 0.0444. The molecule has 0 N–H and O–H groups in total. The van der Waals surface area contributed by atoms with Crippen LogP contribution in [0.2, 0.25) is 0 Å². The van der Waals surface area contributed by atoms with E-state index in [2.05, 4.69) is 0 Å². The van der Waals surface area contributed by atoms with Gasteiger partial charge in [-0.15, -0.1) is 0 Å². The molecule has 17 heavy (non-hydrogen) atoms. The zero-order valence-corrected chi connectivity index (χ0v) is 9.54. The van der Waals surface area contributed by atoms with Crippen molar-refractivity contribution in [3.8, 4) is 0 Å². The molecule has 1 aromatic carbocycles. The molecule has 3 saturated heterocycles. The van der Waals surface area contributed by atoms with Crippen molar-refractivity contribution in [1.82, 2.24) is 4.90 Å². The minimum Gasteiger partial charge on any atom is -0.444 e. The Kier molecular flexibility index (Phi) is 2.73. The maximum atomic E-state index is 11.8. The Morgan fingerprint density at radius 3 is 2.82 bits per heavy atom. The first-order valence-corrected chi connectivity index (χ1v) is 5.96. The van der Waals surface area contributed by atoms with Crippen LogP contribution in [0.3, 0.4) is 0 Å². The summed E-state index contributed by atoms with van der Waals surface area (Å²) in [5.74, 6) is 0. The van der Waals surface area contributed by atoms with Crippen LogP contribution in [0, 0.1) is 0 Å². The summed E-state index contributed by atoms with van der Waals surface area (Å²) in [4.78, 5) is 13.5. The van der Waals surface area contributed by atoms with Crippen molar-refractivity contribution in [1.29, 1.82) is 0 Å². The normalized spacial score (nSPS) is 26.2. The SMILES string of the molecule is O=C(OCc1ccccc1)N1CCC2CC1O2. The molecule has 4 rings (SSSR count). The van der Waals surface area contributed by atoms with Crippen molar-refractivity contribution in [2.45, 2.75) is 31.8 Å². The van der Waals surface area contributed by atoms with Crippen LogP contribution in [0.5, 0.6) is 0 Å². The second-order valence-corrected chi connectivity index (χ2v) is 4.47. The van der Waals surface area contributed by atoms with Gasteiger partial charge in [0.1, 0.15) is 12.8 Å². The summed E-state index contributed by atoms with van der Waals surface area (Å²) in [6.45, 7) is 1.08. The van der Waals surface area contributed by atoms with E-state index >= 15 is 0 Å². The Morgan fingerprint density at radius 1 is 1.41 bits per heavy atom. The Bertz CT molecular complexity index is 398. The first kappa shape index (κ1) is 10.6. The number of fused-ring (bicyclic) bond motifs is 2. The summed E-state index contributed by atoms with van der Waals surface area (Å²) in [5.41, 5.74) is 1.00. The number of benzene rings is 1. The average molecular weight is 233 g/mol. The highest BCUT2D eigenvalue weighted by atomic mass is 16.6. The molecule has 2 atom stereocenters. The zero-order chi connectivity index (χ0) is 11.7. The highest BCUT2D eigenvalue weighted by Gasteiger charge is 2.42. The number of piperidine rings is 1. The van der Waals surface area contributed by atoms with Gasteiger partial charge in [-0.25, -0.2) is 4.79 Å². The first-order chi connectivity index (χ1) is 8.33. The molecule has 0 spiro atoms. The van der Waals surface area contributed by atoms with Gasteiger partial charge in [0, 0.05) is 13.0 Å². The van der Waals surface area contributed by atoms with E-state index in [0.717, 1.165) is 24.9 Å². The molecule has 1 aromatic rings. The molecule has 3 fully saturated rings. The lowest BCUT2D eigenvalue weighted by Crippen LogP contribution is -2.58. The quantitative estimate of drug-likeness (QED) is 0.785. The van der Waals surface area contributed by atoms with Gasteiger partial charge in [0.05, 0.1) is 6.10 Å². The van der Waals surface area contributed by atoms with Crippen LogP contribution in [0.1, 0.15) is 18.4 Å². The van der Waals surface area contributed by atoms with Gasteiger partial charge in [0.25, 0.3) is 0 Å². The lowest BCUT2D eigenvalue weighted by Gasteiger charge is -2.47. The Labute approximate surface area is 100 Å². The number of rotatable bonds is 2. The number of nitrogens with zero attached hydrogens (tertiary/aromatic N) is 1. The first-order valence-electron chi connectivity index (χ1n) is 5.96. The summed E-state index contributed by atoms with van der Waals surface area (Å²) >= 11 is 0. The van der Waals surface area contributed by atoms with Crippen molar-refractivity contribution < 1.29 is 14.3 Å². The smallest absolute Gasteiger partial charge is 0.412 e. The second kappa shape index (κ2) is 4.37. The Hall–Kier alpha value is -1.55. The van der Waals surface area contributed by atoms with E-state index in [1.807, 2.05) is 30.3 Å². The van der Waals surface area contributed by atoms with Crippen LogP contribution < -0.4 is 0 Å². The van der Waals surface area contributed by atoms with E-state index in [4.69, 9.17) is 9.47 Å². The highest BCUT2D eigenvalue weighted by molar-refractivity contribution is 5.68. The molecule has 0 radical (unpaired) electrons. The van der Waals surface area contributed by atoms with E-state index in [-0.39, 0.29) is 12.3 Å². The van der Waals surface area contributed by atoms with Gasteiger partial charge in [-0.05, 0) is 12.0 Å². The lowest BCUT2D eigenvalue weighted by molar-refractivity contribution is -0.221. The molecule has 3 heterocycles. The molecule has 0 aliphatic carbocycles. The van der Waals surface area contributed by atoms with E-state index in [1.54, 1.807) is 4.90 Å². The summed E-state index contributed by atoms with van der Waals surface area (Å²) < 4.78 is 10.8. The van der Waals surface area contributed by atoms with Crippen molar-refractivity contribution in [3.05, 3.63) is 35.9 Å². The van der Waals surface area contributed by atoms with E-state index in [9.17, 15) is 4.79 Å². The number of hydrogen-bond donors (Lipinski definition) is 0. The molecular formula is C13H15NO3. The molecule has 1 amide bonds. The number of amides is 1. The summed E-state index contributed by atoms with van der Waals surface area (Å²) in [6, 6.07) is 9.70. The van der Waals surface area contributed by atoms with Crippen molar-refractivity contribution in [2.75, 3.05) is 6.54 Å². The number of carbonyl (C=O) groups excluding carboxylic acids is 1. The third kappa shape index (κ3) is 2.13.